The van der Waals surface area contributed by atoms with Crippen molar-refractivity contribution in [2.45, 2.75) is 0 Å². The van der Waals surface area contributed by atoms with Crippen LogP contribution in [0.5, 0.6) is 0 Å². The van der Waals surface area contributed by atoms with Crippen LogP contribution in [0.25, 0.3) is 22.3 Å². The maximum absolute atomic E-state index is 12.3. The minimum Gasteiger partial charge on any atom is -0.378 e. The van der Waals surface area contributed by atoms with Gasteiger partial charge in [0.1, 0.15) is 5.69 Å². The molecule has 5 rings (SSSR count). The number of carbonyl (C=O) groups is 1. The van der Waals surface area contributed by atoms with Crippen LogP contribution >= 0.6 is 0 Å². The lowest BCUT2D eigenvalue weighted by atomic mass is 10.1. The van der Waals surface area contributed by atoms with E-state index in [1.54, 1.807) is 13.4 Å². The van der Waals surface area contributed by atoms with Gasteiger partial charge in [-0.05, 0) is 30.3 Å². The Morgan fingerprint density at radius 2 is 1.82 bits per heavy atom. The number of rotatable bonds is 6. The van der Waals surface area contributed by atoms with Crippen molar-refractivity contribution in [2.24, 2.45) is 12.8 Å². The van der Waals surface area contributed by atoms with E-state index >= 15 is 0 Å². The number of para-hydroxylation sites is 1. The summed E-state index contributed by atoms with van der Waals surface area (Å²) in [5, 5.41) is 6.29. The number of hydrogen-bond donors (Lipinski definition) is 3. The van der Waals surface area contributed by atoms with Gasteiger partial charge in [-0.3, -0.25) is 4.79 Å². The predicted molar refractivity (Wildman–Crippen MR) is 133 cm³/mol. The number of aryl methyl sites for hydroxylation is 1. The summed E-state index contributed by atoms with van der Waals surface area (Å²) in [6.45, 7) is 3.17. The number of imidazole rings is 1. The summed E-state index contributed by atoms with van der Waals surface area (Å²) >= 11 is 0. The van der Waals surface area contributed by atoms with Crippen LogP contribution in [0.3, 0.4) is 0 Å². The van der Waals surface area contributed by atoms with Crippen LogP contribution in [0, 0.1) is 0 Å². The molecule has 1 aliphatic rings. The molecule has 1 amide bonds. The van der Waals surface area contributed by atoms with Crippen molar-refractivity contribution in [3.8, 4) is 11.3 Å². The minimum absolute atomic E-state index is 0.0548. The Morgan fingerprint density at radius 3 is 2.53 bits per heavy atom. The fraction of sp³-hybridized carbons (Fsp3) is 0.250. The fourth-order valence-electron chi connectivity index (χ4n) is 4.12. The molecule has 0 aliphatic carbocycles. The molecule has 1 saturated heterocycles. The van der Waals surface area contributed by atoms with Crippen LogP contribution in [-0.4, -0.2) is 58.8 Å². The molecule has 0 saturated carbocycles. The average molecular weight is 459 g/mol. The minimum atomic E-state index is -0.669. The van der Waals surface area contributed by atoms with Crippen LogP contribution in [0.2, 0.25) is 0 Å². The molecule has 0 spiro atoms. The van der Waals surface area contributed by atoms with Gasteiger partial charge in [0, 0.05) is 44.1 Å². The number of nitrogens with two attached hydrogens (primary N) is 1. The number of anilines is 4. The summed E-state index contributed by atoms with van der Waals surface area (Å²) in [5.41, 5.74) is 10.6. The molecule has 0 bridgehead atoms. The highest BCUT2D eigenvalue weighted by molar-refractivity contribution is 5.99. The van der Waals surface area contributed by atoms with Gasteiger partial charge in [0.05, 0.1) is 30.6 Å². The molecule has 174 valence electrons. The lowest BCUT2D eigenvalue weighted by Crippen LogP contribution is -2.36. The molecule has 1 aliphatic heterocycles. The van der Waals surface area contributed by atoms with Crippen molar-refractivity contribution in [3.63, 3.8) is 0 Å². The van der Waals surface area contributed by atoms with Gasteiger partial charge in [0.15, 0.2) is 17.3 Å². The van der Waals surface area contributed by atoms with E-state index in [-0.39, 0.29) is 11.5 Å². The summed E-state index contributed by atoms with van der Waals surface area (Å²) in [4.78, 5) is 28.4. The van der Waals surface area contributed by atoms with E-state index in [1.165, 1.54) is 0 Å². The molecule has 10 nitrogen and oxygen atoms in total. The van der Waals surface area contributed by atoms with E-state index in [0.29, 0.717) is 11.5 Å². The highest BCUT2D eigenvalue weighted by atomic mass is 16.5. The van der Waals surface area contributed by atoms with Gasteiger partial charge in [0.2, 0.25) is 0 Å². The topological polar surface area (TPSA) is 123 Å². The number of aromatic nitrogens is 4. The molecule has 10 heteroatoms. The Bertz CT molecular complexity index is 1340. The van der Waals surface area contributed by atoms with Crippen molar-refractivity contribution in [1.82, 2.24) is 19.5 Å². The Kier molecular flexibility index (Phi) is 5.72. The first-order valence-corrected chi connectivity index (χ1v) is 11.0. The molecule has 1 fully saturated rings. The van der Waals surface area contributed by atoms with Gasteiger partial charge in [-0.1, -0.05) is 12.1 Å². The van der Waals surface area contributed by atoms with Gasteiger partial charge >= 0.3 is 0 Å². The summed E-state index contributed by atoms with van der Waals surface area (Å²) < 4.78 is 7.35. The first kappa shape index (κ1) is 21.7. The normalized spacial score (nSPS) is 13.8. The summed E-state index contributed by atoms with van der Waals surface area (Å²) in [7, 11) is 3.69. The first-order valence-electron chi connectivity index (χ1n) is 11.0. The maximum Gasteiger partial charge on any atom is 0.271 e. The van der Waals surface area contributed by atoms with E-state index in [4.69, 9.17) is 10.5 Å². The second-order valence-corrected chi connectivity index (χ2v) is 8.03. The van der Waals surface area contributed by atoms with Gasteiger partial charge < -0.3 is 30.6 Å². The zero-order valence-electron chi connectivity index (χ0n) is 19.1. The quantitative estimate of drug-likeness (QED) is 0.403. The first-order chi connectivity index (χ1) is 16.5. The highest BCUT2D eigenvalue weighted by Crippen LogP contribution is 2.33. The largest absolute Gasteiger partial charge is 0.378 e. The average Bonchev–Trinajstić information content (AvgIpc) is 3.25. The Balaban J connectivity index is 1.51. The number of primary amides is 1. The summed E-state index contributed by atoms with van der Waals surface area (Å²) in [6, 6.07) is 13.7. The number of nitrogens with one attached hydrogen (secondary N) is 2. The highest BCUT2D eigenvalue weighted by Gasteiger charge is 2.21. The number of nitrogens with zero attached hydrogens (tertiary/aromatic N) is 5. The van der Waals surface area contributed by atoms with E-state index in [0.717, 1.165) is 54.3 Å². The van der Waals surface area contributed by atoms with Gasteiger partial charge in [-0.25, -0.2) is 15.0 Å². The zero-order chi connectivity index (χ0) is 23.7. The molecular formula is C24H26N8O2. The number of benzene rings is 2. The second-order valence-electron chi connectivity index (χ2n) is 8.03. The third-order valence-electron chi connectivity index (χ3n) is 5.88. The molecule has 2 aromatic carbocycles. The van der Waals surface area contributed by atoms with Crippen LogP contribution < -0.4 is 21.3 Å². The van der Waals surface area contributed by atoms with Crippen LogP contribution in [0.15, 0.2) is 48.8 Å². The Labute approximate surface area is 196 Å². The summed E-state index contributed by atoms with van der Waals surface area (Å²) in [6.07, 6.45) is 1.74. The number of ether oxygens (including phenoxy) is 1. The van der Waals surface area contributed by atoms with Crippen molar-refractivity contribution in [1.29, 1.82) is 0 Å². The van der Waals surface area contributed by atoms with E-state index in [1.807, 2.05) is 54.1 Å². The van der Waals surface area contributed by atoms with Crippen LogP contribution in [0.1, 0.15) is 10.5 Å². The van der Waals surface area contributed by atoms with Gasteiger partial charge in [0.25, 0.3) is 5.91 Å². The lowest BCUT2D eigenvalue weighted by molar-refractivity contribution is 0.0996. The van der Waals surface area contributed by atoms with Crippen molar-refractivity contribution in [3.05, 3.63) is 54.5 Å². The number of hydrogen-bond acceptors (Lipinski definition) is 8. The lowest BCUT2D eigenvalue weighted by Gasteiger charge is -2.29. The molecule has 2 aromatic heterocycles. The molecule has 4 aromatic rings. The Morgan fingerprint density at radius 1 is 1.06 bits per heavy atom. The molecular weight excluding hydrogens is 432 g/mol. The monoisotopic (exact) mass is 458 g/mol. The standard InChI is InChI=1S/C24H26N8O2/c1-26-23-20(17-4-3-5-18-19(17)27-14-31(18)2)29-21(22(25)33)24(30-23)28-15-6-8-16(9-7-15)32-10-12-34-13-11-32/h3-9,14H,10-13H2,1-2H3,(H2,25,33)(H2,26,28,30). The Hall–Kier alpha value is -4.18. The molecule has 0 atom stereocenters. The van der Waals surface area contributed by atoms with Crippen molar-refractivity contribution < 1.29 is 9.53 Å². The van der Waals surface area contributed by atoms with E-state index in [9.17, 15) is 4.79 Å². The maximum atomic E-state index is 12.3. The number of morpholine rings is 1. The van der Waals surface area contributed by atoms with Gasteiger partial charge in [-0.15, -0.1) is 0 Å². The molecule has 3 heterocycles. The molecule has 0 radical (unpaired) electrons. The number of carbonyl (C=O) groups excluding carboxylic acids is 1. The molecule has 4 N–H and O–H groups in total. The SMILES string of the molecule is CNc1nc(Nc2ccc(N3CCOCC3)cc2)c(C(N)=O)nc1-c1cccc2c1ncn2C. The third kappa shape index (κ3) is 3.99. The second kappa shape index (κ2) is 8.99. The van der Waals surface area contributed by atoms with Crippen molar-refractivity contribution >= 4 is 40.0 Å². The molecule has 34 heavy (non-hydrogen) atoms. The summed E-state index contributed by atoms with van der Waals surface area (Å²) in [5.74, 6) is 0.126. The van der Waals surface area contributed by atoms with Crippen molar-refractivity contribution in [2.75, 3.05) is 48.9 Å². The van der Waals surface area contributed by atoms with Crippen LogP contribution in [0.4, 0.5) is 23.0 Å². The van der Waals surface area contributed by atoms with Crippen LogP contribution in [-0.2, 0) is 11.8 Å². The van der Waals surface area contributed by atoms with Gasteiger partial charge in [-0.2, -0.15) is 0 Å². The predicted octanol–water partition coefficient (Wildman–Crippen LogP) is 2.75. The number of amides is 1. The fourth-order valence-corrected chi connectivity index (χ4v) is 4.12. The number of fused-ring (bicyclic) bond motifs is 1. The smallest absolute Gasteiger partial charge is 0.271 e. The third-order valence-corrected chi connectivity index (χ3v) is 5.88. The molecule has 0 unspecified atom stereocenters. The van der Waals surface area contributed by atoms with E-state index in [2.05, 4.69) is 30.5 Å². The van der Waals surface area contributed by atoms with E-state index < -0.39 is 5.91 Å². The zero-order valence-corrected chi connectivity index (χ0v) is 19.1.